The maximum absolute atomic E-state index is 11.2. The predicted molar refractivity (Wildman–Crippen MR) is 125 cm³/mol. The normalized spacial score (nSPS) is 33.4. The Labute approximate surface area is 183 Å². The lowest BCUT2D eigenvalue weighted by Gasteiger charge is -2.41. The summed E-state index contributed by atoms with van der Waals surface area (Å²) in [6.45, 7) is 13.7. The molecule has 3 aliphatic carbocycles. The van der Waals surface area contributed by atoms with E-state index in [1.54, 1.807) is 0 Å². The molecule has 0 amide bonds. The number of hydrogen-bond donors (Lipinski definition) is 2. The molecule has 0 bridgehead atoms. The minimum atomic E-state index is -0.355. The van der Waals surface area contributed by atoms with Gasteiger partial charge < -0.3 is 10.2 Å². The van der Waals surface area contributed by atoms with Gasteiger partial charge in [-0.05, 0) is 115 Å². The van der Waals surface area contributed by atoms with Crippen LogP contribution in [0.1, 0.15) is 87.6 Å². The van der Waals surface area contributed by atoms with E-state index in [4.69, 9.17) is 0 Å². The van der Waals surface area contributed by atoms with Gasteiger partial charge in [-0.3, -0.25) is 0 Å². The van der Waals surface area contributed by atoms with Crippen LogP contribution in [0.25, 0.3) is 0 Å². The van der Waals surface area contributed by atoms with Gasteiger partial charge in [0.05, 0.1) is 12.2 Å². The molecule has 0 radical (unpaired) electrons. The lowest BCUT2D eigenvalue weighted by Crippen LogP contribution is -2.31. The van der Waals surface area contributed by atoms with Crippen LogP contribution in [0, 0.1) is 24.2 Å². The van der Waals surface area contributed by atoms with Crippen molar-refractivity contribution in [2.75, 3.05) is 0 Å². The van der Waals surface area contributed by atoms with E-state index >= 15 is 0 Å². The third-order valence-electron chi connectivity index (χ3n) is 8.73. The van der Waals surface area contributed by atoms with Crippen molar-refractivity contribution in [3.63, 3.8) is 0 Å². The standard InChI is InChI=1S/C28H40O2/c1-16(2)17(3)7-8-18(4)27-26(30)15-25-24-14-20-13-21(29)9-10-22(20)19(5)23(24)11-12-28(25,27)6/h7-8,14,16-17,21,25-26,29-30H,9-13,15H2,1-6H3/b8-7+,27-18-/t17-,21-,25-,26+,28-/m0/s1. The van der Waals surface area contributed by atoms with E-state index in [1.165, 1.54) is 39.0 Å². The van der Waals surface area contributed by atoms with Crippen LogP contribution in [0.3, 0.4) is 0 Å². The molecular formula is C28H40O2. The largest absolute Gasteiger partial charge is 0.393 e. The molecule has 0 unspecified atom stereocenters. The van der Waals surface area contributed by atoms with Gasteiger partial charge in [0.25, 0.3) is 0 Å². The molecule has 1 fully saturated rings. The van der Waals surface area contributed by atoms with Gasteiger partial charge in [0, 0.05) is 0 Å². The summed E-state index contributed by atoms with van der Waals surface area (Å²) in [7, 11) is 0. The molecule has 0 aliphatic heterocycles. The molecule has 30 heavy (non-hydrogen) atoms. The summed E-state index contributed by atoms with van der Waals surface area (Å²) in [6, 6.07) is 2.41. The molecule has 0 heterocycles. The molecule has 5 atom stereocenters. The first-order valence-electron chi connectivity index (χ1n) is 12.0. The predicted octanol–water partition coefficient (Wildman–Crippen LogP) is 5.81. The van der Waals surface area contributed by atoms with Gasteiger partial charge in [0.1, 0.15) is 0 Å². The van der Waals surface area contributed by atoms with Gasteiger partial charge in [-0.25, -0.2) is 0 Å². The number of allylic oxidation sites excluding steroid dienone is 3. The number of fused-ring (bicyclic) bond motifs is 4. The monoisotopic (exact) mass is 408 g/mol. The van der Waals surface area contributed by atoms with Crippen molar-refractivity contribution in [2.24, 2.45) is 17.3 Å². The summed E-state index contributed by atoms with van der Waals surface area (Å²) < 4.78 is 0. The van der Waals surface area contributed by atoms with Crippen molar-refractivity contribution in [3.05, 3.63) is 57.2 Å². The summed E-state index contributed by atoms with van der Waals surface area (Å²) in [5.41, 5.74) is 9.83. The summed E-state index contributed by atoms with van der Waals surface area (Å²) in [6.07, 6.45) is 9.73. The van der Waals surface area contributed by atoms with Gasteiger partial charge in [0.2, 0.25) is 0 Å². The topological polar surface area (TPSA) is 40.5 Å². The second-order valence-corrected chi connectivity index (χ2v) is 10.9. The lowest BCUT2D eigenvalue weighted by molar-refractivity contribution is 0.158. The molecule has 164 valence electrons. The van der Waals surface area contributed by atoms with Crippen LogP contribution in [0.4, 0.5) is 0 Å². The van der Waals surface area contributed by atoms with Gasteiger partial charge in [-0.2, -0.15) is 0 Å². The smallest absolute Gasteiger partial charge is 0.0767 e. The number of benzene rings is 1. The van der Waals surface area contributed by atoms with Crippen molar-refractivity contribution in [2.45, 2.75) is 98.2 Å². The zero-order valence-electron chi connectivity index (χ0n) is 19.8. The van der Waals surface area contributed by atoms with Crippen LogP contribution < -0.4 is 0 Å². The first kappa shape index (κ1) is 21.8. The average molecular weight is 409 g/mol. The molecule has 1 aromatic rings. The number of aliphatic hydroxyl groups is 2. The van der Waals surface area contributed by atoms with Gasteiger partial charge in [-0.15, -0.1) is 0 Å². The molecule has 2 heteroatoms. The maximum Gasteiger partial charge on any atom is 0.0767 e. The lowest BCUT2D eigenvalue weighted by atomic mass is 9.63. The third-order valence-corrected chi connectivity index (χ3v) is 8.73. The fraction of sp³-hybridized carbons (Fsp3) is 0.643. The quantitative estimate of drug-likeness (QED) is 0.662. The van der Waals surface area contributed by atoms with Gasteiger partial charge >= 0.3 is 0 Å². The third kappa shape index (κ3) is 3.50. The highest BCUT2D eigenvalue weighted by molar-refractivity contribution is 5.53. The van der Waals surface area contributed by atoms with Crippen molar-refractivity contribution >= 4 is 0 Å². The second kappa shape index (κ2) is 7.95. The molecule has 2 N–H and O–H groups in total. The minimum absolute atomic E-state index is 0.0237. The zero-order chi connectivity index (χ0) is 21.8. The molecule has 3 aliphatic rings. The van der Waals surface area contributed by atoms with Crippen molar-refractivity contribution in [1.82, 2.24) is 0 Å². The highest BCUT2D eigenvalue weighted by Gasteiger charge is 2.51. The van der Waals surface area contributed by atoms with E-state index in [1.807, 2.05) is 0 Å². The summed E-state index contributed by atoms with van der Waals surface area (Å²) >= 11 is 0. The molecule has 1 saturated carbocycles. The van der Waals surface area contributed by atoms with Crippen molar-refractivity contribution < 1.29 is 10.2 Å². The molecule has 0 saturated heterocycles. The Morgan fingerprint density at radius 1 is 1.17 bits per heavy atom. The molecule has 2 nitrogen and oxygen atoms in total. The Balaban J connectivity index is 1.75. The minimum Gasteiger partial charge on any atom is -0.393 e. The SMILES string of the molecule is CC(/C=C/[C@H](C)C(C)C)=C1\[C@H](O)C[C@H]2c3cc4c(c(C)c3CC[C@]12C)CC[C@H](O)C4. The van der Waals surface area contributed by atoms with E-state index in [0.717, 1.165) is 38.5 Å². The Kier molecular flexibility index (Phi) is 5.79. The van der Waals surface area contributed by atoms with E-state index in [9.17, 15) is 10.2 Å². The van der Waals surface area contributed by atoms with E-state index in [0.29, 0.717) is 17.8 Å². The maximum atomic E-state index is 11.2. The average Bonchev–Trinajstić information content (AvgIpc) is 2.96. The van der Waals surface area contributed by atoms with Crippen molar-refractivity contribution in [3.8, 4) is 0 Å². The Morgan fingerprint density at radius 2 is 1.90 bits per heavy atom. The highest BCUT2D eigenvalue weighted by Crippen LogP contribution is 2.60. The first-order chi connectivity index (χ1) is 14.1. The number of aliphatic hydroxyl groups excluding tert-OH is 2. The fourth-order valence-electron chi connectivity index (χ4n) is 6.50. The highest BCUT2D eigenvalue weighted by atomic mass is 16.3. The zero-order valence-corrected chi connectivity index (χ0v) is 19.8. The molecular weight excluding hydrogens is 368 g/mol. The summed E-state index contributed by atoms with van der Waals surface area (Å²) in [5, 5.41) is 21.4. The number of rotatable bonds is 3. The van der Waals surface area contributed by atoms with Gasteiger partial charge in [-0.1, -0.05) is 45.9 Å². The molecule has 1 aromatic carbocycles. The molecule has 0 spiro atoms. The Hall–Kier alpha value is -1.38. The molecule has 4 rings (SSSR count). The Morgan fingerprint density at radius 3 is 2.60 bits per heavy atom. The van der Waals surface area contributed by atoms with Gasteiger partial charge in [0.15, 0.2) is 0 Å². The second-order valence-electron chi connectivity index (χ2n) is 10.9. The van der Waals surface area contributed by atoms with Crippen LogP contribution >= 0.6 is 0 Å². The first-order valence-corrected chi connectivity index (χ1v) is 12.0. The van der Waals surface area contributed by atoms with Crippen molar-refractivity contribution in [1.29, 1.82) is 0 Å². The Bertz CT molecular complexity index is 890. The van der Waals surface area contributed by atoms with E-state index in [-0.39, 0.29) is 17.6 Å². The summed E-state index contributed by atoms with van der Waals surface area (Å²) in [5.74, 6) is 1.54. The van der Waals surface area contributed by atoms with E-state index < -0.39 is 0 Å². The van der Waals surface area contributed by atoms with Crippen LogP contribution in [-0.2, 0) is 19.3 Å². The van der Waals surface area contributed by atoms with Crippen LogP contribution in [0.2, 0.25) is 0 Å². The van der Waals surface area contributed by atoms with Crippen LogP contribution in [0.15, 0.2) is 29.4 Å². The van der Waals surface area contributed by atoms with E-state index in [2.05, 4.69) is 59.8 Å². The molecule has 0 aromatic heterocycles. The van der Waals surface area contributed by atoms with Crippen LogP contribution in [0.5, 0.6) is 0 Å². The number of hydrogen-bond acceptors (Lipinski definition) is 2. The fourth-order valence-corrected chi connectivity index (χ4v) is 6.50. The summed E-state index contributed by atoms with van der Waals surface area (Å²) in [4.78, 5) is 0. The van der Waals surface area contributed by atoms with Crippen LogP contribution in [-0.4, -0.2) is 22.4 Å².